The first kappa shape index (κ1) is 24.4. The van der Waals surface area contributed by atoms with Gasteiger partial charge in [0.25, 0.3) is 0 Å². The first-order valence-electron chi connectivity index (χ1n) is 11.8. The van der Waals surface area contributed by atoms with Crippen LogP contribution in [-0.4, -0.2) is 60.6 Å². The van der Waals surface area contributed by atoms with Crippen LogP contribution in [0.1, 0.15) is 30.9 Å². The lowest BCUT2D eigenvalue weighted by Crippen LogP contribution is -2.57. The number of thioether (sulfide) groups is 1. The van der Waals surface area contributed by atoms with Crippen molar-refractivity contribution in [3.8, 4) is 17.2 Å². The first-order valence-corrected chi connectivity index (χ1v) is 12.9. The summed E-state index contributed by atoms with van der Waals surface area (Å²) in [5.41, 5.74) is 1.97. The maximum atomic E-state index is 12.9. The Kier molecular flexibility index (Phi) is 8.34. The lowest BCUT2D eigenvalue weighted by atomic mass is 10.0. The number of fused-ring (bicyclic) bond motifs is 5. The van der Waals surface area contributed by atoms with Crippen LogP contribution in [0.5, 0.6) is 17.2 Å². The average molecular weight is 485 g/mol. The van der Waals surface area contributed by atoms with Gasteiger partial charge in [-0.2, -0.15) is 11.8 Å². The summed E-state index contributed by atoms with van der Waals surface area (Å²) in [5, 5.41) is 3.15. The van der Waals surface area contributed by atoms with Crippen LogP contribution in [0.4, 0.5) is 0 Å². The number of nitrogens with one attached hydrogen (secondary N) is 1. The Morgan fingerprint density at radius 2 is 2.09 bits per heavy atom. The summed E-state index contributed by atoms with van der Waals surface area (Å²) in [6.45, 7) is 3.54. The molecule has 2 amide bonds. The van der Waals surface area contributed by atoms with Crippen LogP contribution in [0.15, 0.2) is 42.5 Å². The Hall–Kier alpha value is -2.71. The van der Waals surface area contributed by atoms with E-state index in [2.05, 4.69) is 5.32 Å². The summed E-state index contributed by atoms with van der Waals surface area (Å²) >= 11 is 1.62. The molecule has 0 unspecified atom stereocenters. The van der Waals surface area contributed by atoms with Gasteiger partial charge in [0.05, 0.1) is 31.6 Å². The minimum absolute atomic E-state index is 0.0513. The Balaban J connectivity index is 1.56. The number of likely N-dealkylation sites (tertiary alicyclic amines) is 1. The van der Waals surface area contributed by atoms with Gasteiger partial charge in [-0.3, -0.25) is 9.59 Å². The van der Waals surface area contributed by atoms with Gasteiger partial charge in [-0.15, -0.1) is 0 Å². The first-order chi connectivity index (χ1) is 16.6. The molecule has 0 spiro atoms. The molecule has 34 heavy (non-hydrogen) atoms. The molecular weight excluding hydrogens is 452 g/mol. The highest BCUT2D eigenvalue weighted by molar-refractivity contribution is 7.99. The molecule has 2 aromatic rings. The monoisotopic (exact) mass is 484 g/mol. The van der Waals surface area contributed by atoms with Crippen LogP contribution in [0.3, 0.4) is 0 Å². The van der Waals surface area contributed by atoms with E-state index in [9.17, 15) is 9.59 Å². The van der Waals surface area contributed by atoms with Crippen molar-refractivity contribution in [1.29, 1.82) is 0 Å². The second-order valence-electron chi connectivity index (χ2n) is 8.52. The number of methoxy groups -OCH3 is 1. The number of hydrogen-bond acceptors (Lipinski definition) is 6. The van der Waals surface area contributed by atoms with Gasteiger partial charge >= 0.3 is 0 Å². The average Bonchev–Trinajstić information content (AvgIpc) is 2.85. The predicted octanol–water partition coefficient (Wildman–Crippen LogP) is 3.79. The molecule has 2 aromatic carbocycles. The van der Waals surface area contributed by atoms with E-state index < -0.39 is 0 Å². The number of amides is 2. The standard InChI is InChI=1S/C26H32N2O5S/c1-3-34-17-26(30)28-12-11-22-21(15-28)27-25(29)10-8-18-7-9-23(31-2)24(14-18)33-20-6-4-5-19(13-20)16-32-22/h4-7,9,13-14,21-22H,3,8,10-12,15-17H2,1-2H3,(H,27,29)/t21-,22+/m0/s1. The summed E-state index contributed by atoms with van der Waals surface area (Å²) in [5.74, 6) is 3.38. The van der Waals surface area contributed by atoms with Crippen LogP contribution in [0.25, 0.3) is 0 Å². The molecule has 0 saturated carbocycles. The van der Waals surface area contributed by atoms with Crippen molar-refractivity contribution < 1.29 is 23.8 Å². The molecule has 4 rings (SSSR count). The molecule has 1 N–H and O–H groups in total. The van der Waals surface area contributed by atoms with Crippen LogP contribution in [0.2, 0.25) is 0 Å². The van der Waals surface area contributed by atoms with Crippen molar-refractivity contribution >= 4 is 23.6 Å². The van der Waals surface area contributed by atoms with Gasteiger partial charge < -0.3 is 24.4 Å². The number of nitrogens with zero attached hydrogens (tertiary/aromatic N) is 1. The highest BCUT2D eigenvalue weighted by Gasteiger charge is 2.33. The largest absolute Gasteiger partial charge is 0.493 e. The number of hydrogen-bond donors (Lipinski definition) is 1. The normalized spacial score (nSPS) is 20.8. The van der Waals surface area contributed by atoms with E-state index >= 15 is 0 Å². The maximum absolute atomic E-state index is 12.9. The molecule has 0 radical (unpaired) electrons. The van der Waals surface area contributed by atoms with Crippen molar-refractivity contribution in [3.63, 3.8) is 0 Å². The molecule has 2 heterocycles. The van der Waals surface area contributed by atoms with E-state index in [-0.39, 0.29) is 24.0 Å². The van der Waals surface area contributed by atoms with Gasteiger partial charge in [0, 0.05) is 19.5 Å². The molecule has 8 heteroatoms. The van der Waals surface area contributed by atoms with E-state index in [4.69, 9.17) is 14.2 Å². The van der Waals surface area contributed by atoms with Crippen LogP contribution < -0.4 is 14.8 Å². The molecule has 2 aliphatic heterocycles. The summed E-state index contributed by atoms with van der Waals surface area (Å²) in [4.78, 5) is 27.3. The fourth-order valence-corrected chi connectivity index (χ4v) is 4.86. The zero-order chi connectivity index (χ0) is 23.9. The zero-order valence-electron chi connectivity index (χ0n) is 19.7. The Morgan fingerprint density at radius 1 is 1.21 bits per heavy atom. The predicted molar refractivity (Wildman–Crippen MR) is 133 cm³/mol. The lowest BCUT2D eigenvalue weighted by molar-refractivity contribution is -0.135. The molecule has 4 bridgehead atoms. The molecule has 7 nitrogen and oxygen atoms in total. The number of benzene rings is 2. The minimum Gasteiger partial charge on any atom is -0.493 e. The van der Waals surface area contributed by atoms with Gasteiger partial charge in [-0.05, 0) is 54.0 Å². The number of carbonyl (C=O) groups excluding carboxylic acids is 2. The van der Waals surface area contributed by atoms with Crippen LogP contribution in [0, 0.1) is 0 Å². The maximum Gasteiger partial charge on any atom is 0.232 e. The van der Waals surface area contributed by atoms with E-state index in [1.165, 1.54) is 0 Å². The fraction of sp³-hybridized carbons (Fsp3) is 0.462. The van der Waals surface area contributed by atoms with Crippen LogP contribution >= 0.6 is 11.8 Å². The number of piperidine rings is 1. The van der Waals surface area contributed by atoms with Gasteiger partial charge in [-0.1, -0.05) is 25.1 Å². The third-order valence-corrected chi connectivity index (χ3v) is 7.00. The summed E-state index contributed by atoms with van der Waals surface area (Å²) in [6.07, 6.45) is 1.42. The second kappa shape index (κ2) is 11.6. The van der Waals surface area contributed by atoms with E-state index in [0.717, 1.165) is 16.9 Å². The number of ether oxygens (including phenoxy) is 3. The minimum atomic E-state index is -0.243. The van der Waals surface area contributed by atoms with Gasteiger partial charge in [0.2, 0.25) is 11.8 Å². The molecule has 1 saturated heterocycles. The van der Waals surface area contributed by atoms with Crippen molar-refractivity contribution in [1.82, 2.24) is 10.2 Å². The third kappa shape index (κ3) is 6.24. The van der Waals surface area contributed by atoms with Crippen molar-refractivity contribution in [2.75, 3.05) is 31.7 Å². The van der Waals surface area contributed by atoms with Gasteiger partial charge in [-0.25, -0.2) is 0 Å². The van der Waals surface area contributed by atoms with E-state index in [1.54, 1.807) is 18.9 Å². The lowest BCUT2D eigenvalue weighted by Gasteiger charge is -2.38. The molecule has 182 valence electrons. The highest BCUT2D eigenvalue weighted by Crippen LogP contribution is 2.33. The second-order valence-corrected chi connectivity index (χ2v) is 9.80. The van der Waals surface area contributed by atoms with Gasteiger partial charge in [0.15, 0.2) is 11.5 Å². The highest BCUT2D eigenvalue weighted by atomic mass is 32.2. The quantitative estimate of drug-likeness (QED) is 0.712. The molecule has 2 aliphatic rings. The van der Waals surface area contributed by atoms with Crippen LogP contribution in [-0.2, 0) is 27.4 Å². The van der Waals surface area contributed by atoms with Crippen molar-refractivity contribution in [3.05, 3.63) is 53.6 Å². The Morgan fingerprint density at radius 3 is 2.91 bits per heavy atom. The van der Waals surface area contributed by atoms with Gasteiger partial charge in [0.1, 0.15) is 5.75 Å². The molecule has 2 atom stereocenters. The fourth-order valence-electron chi connectivity index (χ4n) is 4.30. The molecule has 0 aliphatic carbocycles. The third-order valence-electron chi connectivity index (χ3n) is 6.14. The molecule has 1 fully saturated rings. The number of aryl methyl sites for hydroxylation is 1. The van der Waals surface area contributed by atoms with E-state index in [1.807, 2.05) is 54.3 Å². The Bertz CT molecular complexity index is 1010. The smallest absolute Gasteiger partial charge is 0.232 e. The molecule has 0 aromatic heterocycles. The molecular formula is C26H32N2O5S. The SMILES string of the molecule is CCSCC(=O)N1CC[C@H]2OCc3cccc(c3)Oc3cc(ccc3OC)CCC(=O)N[C@H]2C1. The van der Waals surface area contributed by atoms with Crippen molar-refractivity contribution in [2.45, 2.75) is 44.9 Å². The van der Waals surface area contributed by atoms with Crippen molar-refractivity contribution in [2.24, 2.45) is 0 Å². The van der Waals surface area contributed by atoms with E-state index in [0.29, 0.717) is 62.0 Å². The summed E-state index contributed by atoms with van der Waals surface area (Å²) in [6, 6.07) is 13.3. The summed E-state index contributed by atoms with van der Waals surface area (Å²) < 4.78 is 17.9. The zero-order valence-corrected chi connectivity index (χ0v) is 20.6. The summed E-state index contributed by atoms with van der Waals surface area (Å²) in [7, 11) is 1.61. The topological polar surface area (TPSA) is 77.1 Å². The Labute approximate surface area is 205 Å². The number of carbonyl (C=O) groups is 2. The number of rotatable bonds is 4.